The Labute approximate surface area is 28.6 Å². The van der Waals surface area contributed by atoms with Crippen molar-refractivity contribution >= 4 is 7.45 Å². The van der Waals surface area contributed by atoms with Gasteiger partial charge in [0, 0.05) is 8.45 Å². The summed E-state index contributed by atoms with van der Waals surface area (Å²) in [7, 11) is 1.15. The summed E-state index contributed by atoms with van der Waals surface area (Å²) < 4.78 is 11.0. The van der Waals surface area contributed by atoms with Gasteiger partial charge in [-0.05, 0) is 0 Å². The minimum Gasteiger partial charge on any atom is -0.442 e. The minimum atomic E-state index is -0.366. The Balaban J connectivity index is 2.54. The first kappa shape index (κ1) is 2.27. The lowest BCUT2D eigenvalue weighted by atomic mass is 10.1. The molecule has 0 rings (SSSR count). The van der Waals surface area contributed by atoms with Crippen molar-refractivity contribution < 1.29 is 4.65 Å². The van der Waals surface area contributed by atoms with E-state index in [0.717, 1.165) is 0 Å². The first-order valence-corrected chi connectivity index (χ1v) is 1.22. The molecule has 2 heteroatoms. The molecule has 0 bridgehead atoms. The van der Waals surface area contributed by atoms with Gasteiger partial charge in [0.05, 0.1) is 0 Å². The molecule has 4 heavy (non-hydrogen) atoms. The van der Waals surface area contributed by atoms with Gasteiger partial charge in [-0.15, -0.1) is 0 Å². The summed E-state index contributed by atoms with van der Waals surface area (Å²) in [5.41, 5.74) is 0. The van der Waals surface area contributed by atoms with Gasteiger partial charge in [0.2, 0.25) is 0 Å². The third-order valence-electron chi connectivity index (χ3n) is 0.236. The molecule has 0 radical (unpaired) electrons. The maximum absolute atomic E-state index is 6.60. The summed E-state index contributed by atoms with van der Waals surface area (Å²) in [6.45, 7) is 1.67. The predicted molar refractivity (Wildman–Crippen MR) is 20.0 cm³/mol. The van der Waals surface area contributed by atoms with Crippen molar-refractivity contribution in [3.63, 3.8) is 0 Å². The van der Waals surface area contributed by atoms with Crippen molar-refractivity contribution in [2.45, 2.75) is 6.82 Å². The van der Waals surface area contributed by atoms with Crippen LogP contribution >= 0.6 is 0 Å². The quantitative estimate of drug-likeness (QED) is 0.387. The lowest BCUT2D eigenvalue weighted by Crippen LogP contribution is -1.79. The molecule has 24 valence electrons. The molecule has 0 aromatic carbocycles. The lowest BCUT2D eigenvalue weighted by Gasteiger charge is -1.73. The van der Waals surface area contributed by atoms with Crippen LogP contribution in [-0.2, 0) is 4.65 Å². The van der Waals surface area contributed by atoms with Crippen LogP contribution in [0.25, 0.3) is 0 Å². The number of hydrogen-bond donors (Lipinski definition) is 0. The predicted octanol–water partition coefficient (Wildman–Crippen LogP) is 0.0324. The fourth-order valence-corrected chi connectivity index (χ4v) is 0. The van der Waals surface area contributed by atoms with Crippen LogP contribution < -0.4 is 0 Å². The second kappa shape index (κ2) is 3.02. The van der Waals surface area contributed by atoms with Gasteiger partial charge in [-0.1, -0.05) is 6.82 Å². The highest BCUT2D eigenvalue weighted by Crippen LogP contribution is 1.47. The average Bonchev–Trinajstić information content (AvgIpc) is 1.38. The van der Waals surface area contributed by atoms with Crippen LogP contribution in [0.3, 0.4) is 0 Å². The molecule has 0 aliphatic carbocycles. The highest BCUT2D eigenvalue weighted by Gasteiger charge is 1.59. The van der Waals surface area contributed by atoms with E-state index in [0.29, 0.717) is 0 Å². The van der Waals surface area contributed by atoms with Crippen molar-refractivity contribution in [2.24, 2.45) is 0 Å². The molecule has 0 spiro atoms. The van der Waals surface area contributed by atoms with E-state index in [9.17, 15) is 0 Å². The Hall–Kier alpha value is 0.0249. The summed E-state index contributed by atoms with van der Waals surface area (Å²) in [6, 6.07) is 0. The molecule has 0 saturated carbocycles. The normalized spacial score (nSPS) is 10.0. The van der Waals surface area contributed by atoms with Crippen LogP contribution in [-0.4, -0.2) is 15.9 Å². The van der Waals surface area contributed by atoms with E-state index in [1.807, 2.05) is 0 Å². The average molecular weight is 58.9 g/mol. The van der Waals surface area contributed by atoms with E-state index < -0.39 is 0 Å². The molecule has 0 fully saturated rings. The Morgan fingerprint density at radius 3 is 2.50 bits per heavy atom. The third kappa shape index (κ3) is 2.02. The molecule has 0 heterocycles. The van der Waals surface area contributed by atoms with E-state index in [1.54, 1.807) is 6.82 Å². The van der Waals surface area contributed by atoms with Gasteiger partial charge in [-0.2, -0.15) is 0 Å². The topological polar surface area (TPSA) is 9.23 Å². The van der Waals surface area contributed by atoms with Crippen molar-refractivity contribution in [3.8, 4) is 0 Å². The Morgan fingerprint density at radius 2 is 2.50 bits per heavy atom. The molecule has 1 nitrogen and oxygen atoms in total. The van der Waals surface area contributed by atoms with Crippen LogP contribution in [0.5, 0.6) is 0 Å². The maximum atomic E-state index is 6.60. The van der Waals surface area contributed by atoms with Crippen molar-refractivity contribution in [1.82, 2.24) is 0 Å². The highest BCUT2D eigenvalue weighted by atomic mass is 16.4. The highest BCUT2D eigenvalue weighted by molar-refractivity contribution is 6.24. The first-order valence-electron chi connectivity index (χ1n) is 1.80. The SMILES string of the molecule is [2H]B(C)OC. The number of rotatable bonds is 1. The first-order chi connectivity index (χ1) is 2.27. The molecular formula is C2H7BO. The zero-order chi connectivity index (χ0) is 4.28. The van der Waals surface area contributed by atoms with E-state index in [2.05, 4.69) is 4.65 Å². The Bertz CT molecular complexity index is 23.6. The number of hydrogen-bond acceptors (Lipinski definition) is 1. The van der Waals surface area contributed by atoms with E-state index in [1.165, 1.54) is 7.11 Å². The molecule has 0 N–H and O–H groups in total. The van der Waals surface area contributed by atoms with Gasteiger partial charge in [-0.25, -0.2) is 0 Å². The molecule has 0 saturated heterocycles. The van der Waals surface area contributed by atoms with Crippen molar-refractivity contribution in [1.29, 1.82) is 1.34 Å². The zero-order valence-electron chi connectivity index (χ0n) is 3.99. The smallest absolute Gasteiger partial charge is 0.271 e. The summed E-state index contributed by atoms with van der Waals surface area (Å²) in [4.78, 5) is 0. The summed E-state index contributed by atoms with van der Waals surface area (Å²) in [5, 5.41) is 0. The fourth-order valence-electron chi connectivity index (χ4n) is 0. The second-order valence-corrected chi connectivity index (χ2v) is 0.471. The standard InChI is InChI=1S/C2H7BO/c1-3-4-2/h3H,1-2H3/i3D. The van der Waals surface area contributed by atoms with E-state index >= 15 is 0 Å². The van der Waals surface area contributed by atoms with Gasteiger partial charge in [0.25, 0.3) is 7.45 Å². The monoisotopic (exact) mass is 59.1 g/mol. The molecule has 0 aromatic rings. The third-order valence-corrected chi connectivity index (χ3v) is 0.236. The second-order valence-electron chi connectivity index (χ2n) is 0.471. The molecule has 0 amide bonds. The van der Waals surface area contributed by atoms with E-state index in [4.69, 9.17) is 1.34 Å². The lowest BCUT2D eigenvalue weighted by molar-refractivity contribution is 0.446. The largest absolute Gasteiger partial charge is 0.442 e. The van der Waals surface area contributed by atoms with Gasteiger partial charge in [0.1, 0.15) is 0 Å². The minimum absolute atomic E-state index is 0.366. The summed E-state index contributed by atoms with van der Waals surface area (Å²) in [6.07, 6.45) is 0. The summed E-state index contributed by atoms with van der Waals surface area (Å²) in [5.74, 6) is 0. The molecular weight excluding hydrogens is 50.8 g/mol. The van der Waals surface area contributed by atoms with Crippen molar-refractivity contribution in [3.05, 3.63) is 0 Å². The molecule has 0 unspecified atom stereocenters. The van der Waals surface area contributed by atoms with E-state index in [-0.39, 0.29) is 7.45 Å². The summed E-state index contributed by atoms with van der Waals surface area (Å²) >= 11 is 0. The van der Waals surface area contributed by atoms with Crippen molar-refractivity contribution in [2.75, 3.05) is 7.11 Å². The molecule has 0 aliphatic rings. The van der Waals surface area contributed by atoms with Gasteiger partial charge in [-0.3, -0.25) is 0 Å². The Morgan fingerprint density at radius 1 is 2.25 bits per heavy atom. The van der Waals surface area contributed by atoms with Crippen LogP contribution in [0.4, 0.5) is 0 Å². The zero-order valence-corrected chi connectivity index (χ0v) is 2.99. The van der Waals surface area contributed by atoms with Crippen LogP contribution in [0, 0.1) is 0 Å². The Kier molecular flexibility index (Phi) is 1.72. The molecule has 0 aromatic heterocycles. The van der Waals surface area contributed by atoms with Crippen LogP contribution in [0.2, 0.25) is 6.82 Å². The van der Waals surface area contributed by atoms with Crippen LogP contribution in [0.1, 0.15) is 0 Å². The van der Waals surface area contributed by atoms with Crippen LogP contribution in [0.15, 0.2) is 0 Å². The molecule has 0 atom stereocenters. The van der Waals surface area contributed by atoms with Gasteiger partial charge < -0.3 is 4.65 Å². The molecule has 0 aliphatic heterocycles. The fraction of sp³-hybridized carbons (Fsp3) is 1.00. The van der Waals surface area contributed by atoms with Gasteiger partial charge in [0.15, 0.2) is 0 Å². The van der Waals surface area contributed by atoms with Gasteiger partial charge >= 0.3 is 0 Å². The maximum Gasteiger partial charge on any atom is 0.271 e.